The summed E-state index contributed by atoms with van der Waals surface area (Å²) in [5.41, 5.74) is -7.72. The first-order chi connectivity index (χ1) is 10.3. The first-order valence-corrected chi connectivity index (χ1v) is 7.42. The second-order valence-electron chi connectivity index (χ2n) is 5.45. The molecule has 2 nitrogen and oxygen atoms in total. The Morgan fingerprint density at radius 3 is 2.00 bits per heavy atom. The van der Waals surface area contributed by atoms with Gasteiger partial charge in [-0.3, -0.25) is 0 Å². The highest BCUT2D eigenvalue weighted by Crippen LogP contribution is 2.51. The van der Waals surface area contributed by atoms with Crippen LogP contribution in [0, 0.1) is 3.57 Å². The first-order valence-electron chi connectivity index (χ1n) is 6.34. The van der Waals surface area contributed by atoms with Crippen LogP contribution in [0.2, 0.25) is 0 Å². The second-order valence-corrected chi connectivity index (χ2v) is 6.62. The highest BCUT2D eigenvalue weighted by atomic mass is 127. The molecular weight excluding hydrogens is 441 g/mol. The summed E-state index contributed by atoms with van der Waals surface area (Å²) in [4.78, 5) is 0. The van der Waals surface area contributed by atoms with E-state index in [-0.39, 0.29) is 5.56 Å². The van der Waals surface area contributed by atoms with E-state index in [2.05, 4.69) is 0 Å². The average molecular weight is 452 g/mol. The van der Waals surface area contributed by atoms with Gasteiger partial charge in [-0.1, -0.05) is 18.2 Å². The van der Waals surface area contributed by atoms with Gasteiger partial charge in [-0.25, -0.2) is 0 Å². The number of hydrogen-bond donors (Lipinski definition) is 2. The predicted octanol–water partition coefficient (Wildman–Crippen LogP) is 4.06. The maximum absolute atomic E-state index is 13.1. The van der Waals surface area contributed by atoms with Crippen LogP contribution in [0.1, 0.15) is 18.4 Å². The SMILES string of the molecule is OC1(C(F)(F)F)C=C(c2ccccc2I)CC(O)(C(F)(F)F)C1. The van der Waals surface area contributed by atoms with E-state index < -0.39 is 42.0 Å². The Morgan fingerprint density at radius 1 is 0.957 bits per heavy atom. The van der Waals surface area contributed by atoms with E-state index in [1.807, 2.05) is 0 Å². The Morgan fingerprint density at radius 2 is 1.52 bits per heavy atom. The lowest BCUT2D eigenvalue weighted by Crippen LogP contribution is -2.58. The van der Waals surface area contributed by atoms with Gasteiger partial charge in [0.25, 0.3) is 0 Å². The van der Waals surface area contributed by atoms with Gasteiger partial charge in [0.1, 0.15) is 0 Å². The van der Waals surface area contributed by atoms with E-state index in [1.165, 1.54) is 18.2 Å². The minimum atomic E-state index is -5.35. The van der Waals surface area contributed by atoms with Crippen LogP contribution in [0.4, 0.5) is 26.3 Å². The summed E-state index contributed by atoms with van der Waals surface area (Å²) in [6.45, 7) is 0. The largest absolute Gasteiger partial charge is 0.420 e. The van der Waals surface area contributed by atoms with Gasteiger partial charge in [0.15, 0.2) is 11.2 Å². The van der Waals surface area contributed by atoms with Crippen molar-refractivity contribution >= 4 is 28.2 Å². The summed E-state index contributed by atoms with van der Waals surface area (Å²) in [6.07, 6.45) is -13.2. The quantitative estimate of drug-likeness (QED) is 0.499. The van der Waals surface area contributed by atoms with Gasteiger partial charge < -0.3 is 10.2 Å². The molecule has 2 rings (SSSR count). The molecule has 0 fully saturated rings. The molecule has 1 aliphatic rings. The molecule has 1 aromatic carbocycles. The fourth-order valence-electron chi connectivity index (χ4n) is 2.49. The molecule has 0 bridgehead atoms. The molecule has 128 valence electrons. The number of rotatable bonds is 1. The highest BCUT2D eigenvalue weighted by molar-refractivity contribution is 14.1. The number of hydrogen-bond acceptors (Lipinski definition) is 2. The second kappa shape index (κ2) is 5.62. The molecule has 0 spiro atoms. The van der Waals surface area contributed by atoms with E-state index >= 15 is 0 Å². The molecule has 0 saturated carbocycles. The maximum atomic E-state index is 13.1. The lowest BCUT2D eigenvalue weighted by molar-refractivity contribution is -0.305. The number of alkyl halides is 6. The van der Waals surface area contributed by atoms with Crippen molar-refractivity contribution in [3.63, 3.8) is 0 Å². The zero-order chi connectivity index (χ0) is 17.7. The molecule has 0 radical (unpaired) electrons. The normalized spacial score (nSPS) is 29.3. The van der Waals surface area contributed by atoms with Crippen molar-refractivity contribution < 1.29 is 36.6 Å². The van der Waals surface area contributed by atoms with E-state index in [9.17, 15) is 36.6 Å². The Balaban J connectivity index is 2.64. The predicted molar refractivity (Wildman–Crippen MR) is 78.4 cm³/mol. The summed E-state index contributed by atoms with van der Waals surface area (Å²) in [5, 5.41) is 19.6. The van der Waals surface area contributed by atoms with E-state index in [0.717, 1.165) is 0 Å². The summed E-state index contributed by atoms with van der Waals surface area (Å²) >= 11 is 1.76. The van der Waals surface area contributed by atoms with E-state index in [0.29, 0.717) is 9.65 Å². The molecule has 2 N–H and O–H groups in total. The standard InChI is InChI=1S/C14H11F6IO2/c15-13(16,17)11(22)5-8(9-3-1-2-4-10(9)21)6-12(23,7-11)14(18,19)20/h1-5,22-23H,6-7H2. The Hall–Kier alpha value is -0.810. The molecule has 2 unspecified atom stereocenters. The molecule has 0 amide bonds. The van der Waals surface area contributed by atoms with Crippen molar-refractivity contribution in [1.82, 2.24) is 0 Å². The molecule has 0 aliphatic heterocycles. The molecule has 0 saturated heterocycles. The summed E-state index contributed by atoms with van der Waals surface area (Å²) in [6, 6.07) is 5.87. The van der Waals surface area contributed by atoms with Crippen molar-refractivity contribution in [2.45, 2.75) is 36.4 Å². The van der Waals surface area contributed by atoms with Gasteiger partial charge in [-0.2, -0.15) is 26.3 Å². The molecule has 0 aromatic heterocycles. The fraction of sp³-hybridized carbons (Fsp3) is 0.429. The molecule has 9 heteroatoms. The van der Waals surface area contributed by atoms with Gasteiger partial charge >= 0.3 is 12.4 Å². The highest BCUT2D eigenvalue weighted by Gasteiger charge is 2.65. The van der Waals surface area contributed by atoms with Crippen molar-refractivity contribution in [3.05, 3.63) is 39.5 Å². The first kappa shape index (κ1) is 18.5. The monoisotopic (exact) mass is 452 g/mol. The van der Waals surface area contributed by atoms with Crippen LogP contribution in [-0.2, 0) is 0 Å². The van der Waals surface area contributed by atoms with Crippen molar-refractivity contribution in [3.8, 4) is 0 Å². The molecular formula is C14H11F6IO2. The van der Waals surface area contributed by atoms with Crippen molar-refractivity contribution in [2.75, 3.05) is 0 Å². The van der Waals surface area contributed by atoms with Gasteiger partial charge in [0.2, 0.25) is 0 Å². The minimum Gasteiger partial charge on any atom is -0.380 e. The zero-order valence-electron chi connectivity index (χ0n) is 11.3. The molecule has 1 aliphatic carbocycles. The van der Waals surface area contributed by atoms with E-state index in [1.54, 1.807) is 28.7 Å². The van der Waals surface area contributed by atoms with Crippen LogP contribution < -0.4 is 0 Å². The third-order valence-corrected chi connectivity index (χ3v) is 4.64. The van der Waals surface area contributed by atoms with Gasteiger partial charge in [-0.05, 0) is 45.9 Å². The molecule has 23 heavy (non-hydrogen) atoms. The third-order valence-electron chi connectivity index (χ3n) is 3.70. The lowest BCUT2D eigenvalue weighted by atomic mass is 9.74. The number of benzene rings is 1. The maximum Gasteiger partial charge on any atom is 0.420 e. The number of aliphatic hydroxyl groups is 2. The van der Waals surface area contributed by atoms with Crippen molar-refractivity contribution in [2.24, 2.45) is 0 Å². The Bertz CT molecular complexity index is 639. The van der Waals surface area contributed by atoms with Gasteiger partial charge in [0.05, 0.1) is 0 Å². The van der Waals surface area contributed by atoms with Crippen LogP contribution in [0.15, 0.2) is 30.3 Å². The van der Waals surface area contributed by atoms with Crippen LogP contribution >= 0.6 is 22.6 Å². The van der Waals surface area contributed by atoms with Gasteiger partial charge in [-0.15, -0.1) is 0 Å². The number of halogens is 7. The fourth-order valence-corrected chi connectivity index (χ4v) is 3.22. The van der Waals surface area contributed by atoms with Crippen LogP contribution in [0.25, 0.3) is 5.57 Å². The smallest absolute Gasteiger partial charge is 0.380 e. The Labute approximate surface area is 140 Å². The van der Waals surface area contributed by atoms with Crippen LogP contribution in [0.3, 0.4) is 0 Å². The van der Waals surface area contributed by atoms with Crippen LogP contribution in [-0.4, -0.2) is 33.8 Å². The average Bonchev–Trinajstić information content (AvgIpc) is 2.35. The topological polar surface area (TPSA) is 40.5 Å². The molecule has 0 heterocycles. The minimum absolute atomic E-state index is 0.109. The van der Waals surface area contributed by atoms with Gasteiger partial charge in [0, 0.05) is 16.4 Å². The Kier molecular flexibility index (Phi) is 4.53. The van der Waals surface area contributed by atoms with Crippen LogP contribution in [0.5, 0.6) is 0 Å². The third kappa shape index (κ3) is 3.36. The molecule has 2 atom stereocenters. The zero-order valence-corrected chi connectivity index (χ0v) is 13.5. The molecule has 1 aromatic rings. The summed E-state index contributed by atoms with van der Waals surface area (Å²) < 4.78 is 78.9. The lowest BCUT2D eigenvalue weighted by Gasteiger charge is -2.42. The van der Waals surface area contributed by atoms with E-state index in [4.69, 9.17) is 0 Å². The summed E-state index contributed by atoms with van der Waals surface area (Å²) in [5.74, 6) is 0. The summed E-state index contributed by atoms with van der Waals surface area (Å²) in [7, 11) is 0. The van der Waals surface area contributed by atoms with Crippen molar-refractivity contribution in [1.29, 1.82) is 0 Å².